The molecular weight excluding hydrogens is 296 g/mol. The van der Waals surface area contributed by atoms with E-state index in [1.54, 1.807) is 0 Å². The minimum absolute atomic E-state index is 0.0129. The minimum Gasteiger partial charge on any atom is -0.490 e. The number of hydrogen-bond acceptors (Lipinski definition) is 4. The van der Waals surface area contributed by atoms with Gasteiger partial charge < -0.3 is 10.1 Å². The molecule has 0 heterocycles. The Balaban J connectivity index is 2.23. The molecule has 1 amide bonds. The van der Waals surface area contributed by atoms with E-state index < -0.39 is 4.92 Å². The van der Waals surface area contributed by atoms with Crippen LogP contribution in [0.5, 0.6) is 5.75 Å². The maximum absolute atomic E-state index is 12.4. The smallest absolute Gasteiger partial charge is 0.311 e. The van der Waals surface area contributed by atoms with Crippen molar-refractivity contribution in [2.45, 2.75) is 25.3 Å². The van der Waals surface area contributed by atoms with Crippen LogP contribution in [0.4, 0.5) is 5.69 Å². The zero-order chi connectivity index (χ0) is 15.4. The number of carbonyl (C=O) groups excluding carboxylic acids is 1. The summed E-state index contributed by atoms with van der Waals surface area (Å²) in [7, 11) is 1.32. The van der Waals surface area contributed by atoms with Gasteiger partial charge in [0.15, 0.2) is 0 Å². The van der Waals surface area contributed by atoms with Crippen LogP contribution < -0.4 is 10.1 Å². The summed E-state index contributed by atoms with van der Waals surface area (Å²) in [5.41, 5.74) is -0.0441. The molecule has 1 aromatic rings. The highest BCUT2D eigenvalue weighted by Gasteiger charge is 2.30. The highest BCUT2D eigenvalue weighted by Crippen LogP contribution is 2.32. The summed E-state index contributed by atoms with van der Waals surface area (Å²) in [5, 5.41) is 13.9. The molecule has 21 heavy (non-hydrogen) atoms. The molecule has 1 fully saturated rings. The molecule has 2 atom stereocenters. The van der Waals surface area contributed by atoms with E-state index in [2.05, 4.69) is 5.32 Å². The zero-order valence-corrected chi connectivity index (χ0v) is 12.4. The van der Waals surface area contributed by atoms with E-state index in [0.29, 0.717) is 5.88 Å². The van der Waals surface area contributed by atoms with Crippen LogP contribution >= 0.6 is 11.6 Å². The lowest BCUT2D eigenvalue weighted by Gasteiger charge is -2.19. The first-order chi connectivity index (χ1) is 10.1. The van der Waals surface area contributed by atoms with E-state index in [0.717, 1.165) is 19.3 Å². The number of carbonyl (C=O) groups is 1. The number of hydrogen-bond donors (Lipinski definition) is 1. The second-order valence-electron chi connectivity index (χ2n) is 5.04. The average Bonchev–Trinajstić information content (AvgIpc) is 2.93. The summed E-state index contributed by atoms with van der Waals surface area (Å²) in [4.78, 5) is 22.8. The Bertz CT molecular complexity index is 550. The molecule has 0 bridgehead atoms. The van der Waals surface area contributed by atoms with E-state index in [-0.39, 0.29) is 34.9 Å². The lowest BCUT2D eigenvalue weighted by molar-refractivity contribution is -0.385. The van der Waals surface area contributed by atoms with Gasteiger partial charge in [-0.15, -0.1) is 11.6 Å². The van der Waals surface area contributed by atoms with Crippen molar-refractivity contribution in [2.24, 2.45) is 5.92 Å². The summed E-state index contributed by atoms with van der Waals surface area (Å²) >= 11 is 5.89. The lowest BCUT2D eigenvalue weighted by atomic mass is 10.1. The largest absolute Gasteiger partial charge is 0.490 e. The number of para-hydroxylation sites is 1. The Morgan fingerprint density at radius 1 is 1.52 bits per heavy atom. The number of amides is 1. The molecule has 0 spiro atoms. The molecule has 1 aromatic carbocycles. The molecule has 1 aliphatic carbocycles. The Morgan fingerprint density at radius 3 is 2.90 bits per heavy atom. The van der Waals surface area contributed by atoms with Gasteiger partial charge in [-0.05, 0) is 24.8 Å². The van der Waals surface area contributed by atoms with E-state index >= 15 is 0 Å². The Labute approximate surface area is 127 Å². The Kier molecular flexibility index (Phi) is 5.01. The second-order valence-corrected chi connectivity index (χ2v) is 5.35. The molecular formula is C14H17ClN2O4. The van der Waals surface area contributed by atoms with Crippen LogP contribution in [0.1, 0.15) is 29.6 Å². The van der Waals surface area contributed by atoms with Crippen molar-refractivity contribution in [2.75, 3.05) is 13.0 Å². The van der Waals surface area contributed by atoms with Gasteiger partial charge in [-0.3, -0.25) is 14.9 Å². The number of benzene rings is 1. The van der Waals surface area contributed by atoms with Crippen LogP contribution in [-0.2, 0) is 0 Å². The van der Waals surface area contributed by atoms with Crippen molar-refractivity contribution in [1.29, 1.82) is 0 Å². The van der Waals surface area contributed by atoms with E-state index in [9.17, 15) is 14.9 Å². The van der Waals surface area contributed by atoms with Gasteiger partial charge in [0.2, 0.25) is 5.75 Å². The summed E-state index contributed by atoms with van der Waals surface area (Å²) in [6.07, 6.45) is 2.88. The fourth-order valence-corrected chi connectivity index (χ4v) is 3.09. The summed E-state index contributed by atoms with van der Waals surface area (Å²) < 4.78 is 5.05. The van der Waals surface area contributed by atoms with Crippen LogP contribution in [0.25, 0.3) is 0 Å². The van der Waals surface area contributed by atoms with Crippen molar-refractivity contribution >= 4 is 23.2 Å². The summed E-state index contributed by atoms with van der Waals surface area (Å²) in [6.45, 7) is 0. The molecule has 0 aromatic heterocycles. The van der Waals surface area contributed by atoms with Crippen molar-refractivity contribution < 1.29 is 14.5 Å². The van der Waals surface area contributed by atoms with Crippen molar-refractivity contribution in [3.8, 4) is 5.75 Å². The average molecular weight is 313 g/mol. The predicted molar refractivity (Wildman–Crippen MR) is 79.0 cm³/mol. The number of methoxy groups -OCH3 is 1. The van der Waals surface area contributed by atoms with Crippen LogP contribution in [0.3, 0.4) is 0 Å². The Morgan fingerprint density at radius 2 is 2.29 bits per heavy atom. The number of rotatable bonds is 5. The number of ether oxygens (including phenoxy) is 1. The normalized spacial score (nSPS) is 21.0. The standard InChI is InChI=1S/C14H17ClN2O4/c1-21-13-10(5-3-7-12(13)17(19)20)14(18)16-11-6-2-4-9(11)8-15/h3,5,7,9,11H,2,4,6,8H2,1H3,(H,16,18). The van der Waals surface area contributed by atoms with Gasteiger partial charge in [-0.25, -0.2) is 0 Å². The van der Waals surface area contributed by atoms with Gasteiger partial charge in [0.1, 0.15) is 0 Å². The molecule has 1 N–H and O–H groups in total. The molecule has 1 saturated carbocycles. The van der Waals surface area contributed by atoms with Gasteiger partial charge in [-0.1, -0.05) is 12.5 Å². The van der Waals surface area contributed by atoms with Crippen molar-refractivity contribution in [3.05, 3.63) is 33.9 Å². The summed E-state index contributed by atoms with van der Waals surface area (Å²) in [6, 6.07) is 4.32. The lowest BCUT2D eigenvalue weighted by Crippen LogP contribution is -2.38. The fourth-order valence-electron chi connectivity index (χ4n) is 2.72. The van der Waals surface area contributed by atoms with Crippen molar-refractivity contribution in [3.63, 3.8) is 0 Å². The molecule has 6 nitrogen and oxygen atoms in total. The number of nitrogens with zero attached hydrogens (tertiary/aromatic N) is 1. The monoisotopic (exact) mass is 312 g/mol. The third-order valence-corrected chi connectivity index (χ3v) is 4.21. The van der Waals surface area contributed by atoms with E-state index in [1.165, 1.54) is 25.3 Å². The van der Waals surface area contributed by atoms with Gasteiger partial charge in [0.05, 0.1) is 17.6 Å². The maximum Gasteiger partial charge on any atom is 0.311 e. The molecule has 0 aliphatic heterocycles. The first-order valence-electron chi connectivity index (χ1n) is 6.76. The topological polar surface area (TPSA) is 81.5 Å². The number of halogens is 1. The molecule has 0 radical (unpaired) electrons. The van der Waals surface area contributed by atoms with Gasteiger partial charge >= 0.3 is 5.69 Å². The maximum atomic E-state index is 12.4. The second kappa shape index (κ2) is 6.76. The number of alkyl halides is 1. The SMILES string of the molecule is COc1c(C(=O)NC2CCCC2CCl)cccc1[N+](=O)[O-]. The van der Waals surface area contributed by atoms with Crippen LogP contribution in [0.15, 0.2) is 18.2 Å². The number of nitrogens with one attached hydrogen (secondary N) is 1. The molecule has 2 rings (SSSR count). The molecule has 0 saturated heterocycles. The van der Waals surface area contributed by atoms with Gasteiger partial charge in [0, 0.05) is 18.0 Å². The molecule has 1 aliphatic rings. The number of nitro benzene ring substituents is 1. The highest BCUT2D eigenvalue weighted by molar-refractivity contribution is 6.18. The molecule has 114 valence electrons. The minimum atomic E-state index is -0.563. The zero-order valence-electron chi connectivity index (χ0n) is 11.7. The first-order valence-corrected chi connectivity index (χ1v) is 7.30. The van der Waals surface area contributed by atoms with Crippen LogP contribution in [0, 0.1) is 16.0 Å². The van der Waals surface area contributed by atoms with Crippen molar-refractivity contribution in [1.82, 2.24) is 5.32 Å². The van der Waals surface area contributed by atoms with Crippen LogP contribution in [0.2, 0.25) is 0 Å². The number of nitro groups is 1. The predicted octanol–water partition coefficient (Wildman–Crippen LogP) is 2.74. The third-order valence-electron chi connectivity index (χ3n) is 3.81. The molecule has 7 heteroatoms. The van der Waals surface area contributed by atoms with Gasteiger partial charge in [0.25, 0.3) is 5.91 Å². The first kappa shape index (κ1) is 15.6. The van der Waals surface area contributed by atoms with Gasteiger partial charge in [-0.2, -0.15) is 0 Å². The highest BCUT2D eigenvalue weighted by atomic mass is 35.5. The third kappa shape index (κ3) is 3.26. The summed E-state index contributed by atoms with van der Waals surface area (Å²) in [5.74, 6) is 0.370. The van der Waals surface area contributed by atoms with E-state index in [1.807, 2.05) is 0 Å². The molecule has 2 unspecified atom stereocenters. The fraction of sp³-hybridized carbons (Fsp3) is 0.500. The Hall–Kier alpha value is -1.82. The van der Waals surface area contributed by atoms with Crippen LogP contribution in [-0.4, -0.2) is 29.9 Å². The van der Waals surface area contributed by atoms with E-state index in [4.69, 9.17) is 16.3 Å². The quantitative estimate of drug-likeness (QED) is 0.515.